The van der Waals surface area contributed by atoms with E-state index in [-0.39, 0.29) is 12.5 Å². The molecule has 0 spiro atoms. The van der Waals surface area contributed by atoms with Crippen molar-refractivity contribution in [1.29, 1.82) is 0 Å². The van der Waals surface area contributed by atoms with Gasteiger partial charge < -0.3 is 9.64 Å². The smallest absolute Gasteiger partial charge is 0.260 e. The maximum absolute atomic E-state index is 12.8. The summed E-state index contributed by atoms with van der Waals surface area (Å²) in [6, 6.07) is 7.77. The average molecular weight is 359 g/mol. The van der Waals surface area contributed by atoms with Crippen molar-refractivity contribution >= 4 is 28.4 Å². The molecule has 1 saturated carbocycles. The Kier molecular flexibility index (Phi) is 4.80. The van der Waals surface area contributed by atoms with Crippen LogP contribution in [0, 0.1) is 5.92 Å². The van der Waals surface area contributed by atoms with Gasteiger partial charge in [0.1, 0.15) is 11.3 Å². The van der Waals surface area contributed by atoms with Gasteiger partial charge in [0.2, 0.25) is 0 Å². The molecule has 2 fully saturated rings. The monoisotopic (exact) mass is 358 g/mol. The molecule has 0 N–H and O–H groups in total. The molecular weight excluding hydrogens is 336 g/mol. The van der Waals surface area contributed by atoms with Crippen LogP contribution in [-0.4, -0.2) is 35.0 Å². The normalized spacial score (nSPS) is 23.3. The van der Waals surface area contributed by atoms with Crippen LogP contribution in [0.2, 0.25) is 5.02 Å². The molecule has 25 heavy (non-hydrogen) atoms. The summed E-state index contributed by atoms with van der Waals surface area (Å²) in [5.41, 5.74) is 0.706. The van der Waals surface area contributed by atoms with E-state index in [0.717, 1.165) is 24.8 Å². The molecular formula is C20H23ClN2O2. The first-order valence-electron chi connectivity index (χ1n) is 9.19. The van der Waals surface area contributed by atoms with Crippen molar-refractivity contribution in [3.8, 4) is 5.75 Å². The lowest BCUT2D eigenvalue weighted by molar-refractivity contribution is -0.139. The lowest BCUT2D eigenvalue weighted by atomic mass is 9.78. The highest BCUT2D eigenvalue weighted by molar-refractivity contribution is 6.35. The first kappa shape index (κ1) is 16.6. The minimum absolute atomic E-state index is 0.0660. The highest BCUT2D eigenvalue weighted by Crippen LogP contribution is 2.35. The van der Waals surface area contributed by atoms with Crippen LogP contribution in [0.4, 0.5) is 0 Å². The second-order valence-electron chi connectivity index (χ2n) is 7.08. The van der Waals surface area contributed by atoms with Crippen molar-refractivity contribution in [3.63, 3.8) is 0 Å². The molecule has 1 aliphatic heterocycles. The molecule has 0 unspecified atom stereocenters. The number of rotatable bonds is 3. The molecule has 1 aromatic carbocycles. The van der Waals surface area contributed by atoms with Crippen LogP contribution in [0.1, 0.15) is 38.5 Å². The van der Waals surface area contributed by atoms with E-state index in [0.29, 0.717) is 28.2 Å². The lowest BCUT2D eigenvalue weighted by Gasteiger charge is -2.44. The van der Waals surface area contributed by atoms with Crippen molar-refractivity contribution in [1.82, 2.24) is 9.88 Å². The molecule has 4 rings (SSSR count). The SMILES string of the molecule is O=C(COc1ccc(Cl)c2cccnc12)N1CCC[C@@H]2CCCC[C@@H]21. The third-order valence-electron chi connectivity index (χ3n) is 5.59. The van der Waals surface area contributed by atoms with Crippen molar-refractivity contribution in [2.45, 2.75) is 44.6 Å². The van der Waals surface area contributed by atoms with Crippen LogP contribution in [0.15, 0.2) is 30.5 Å². The van der Waals surface area contributed by atoms with Crippen molar-refractivity contribution in [2.24, 2.45) is 5.92 Å². The molecule has 2 aromatic rings. The van der Waals surface area contributed by atoms with E-state index in [2.05, 4.69) is 9.88 Å². The summed E-state index contributed by atoms with van der Waals surface area (Å²) in [5, 5.41) is 1.49. The van der Waals surface area contributed by atoms with E-state index in [1.54, 1.807) is 18.3 Å². The van der Waals surface area contributed by atoms with E-state index in [1.165, 1.54) is 25.7 Å². The molecule has 1 saturated heterocycles. The summed E-state index contributed by atoms with van der Waals surface area (Å²) in [6.45, 7) is 0.930. The van der Waals surface area contributed by atoms with Crippen LogP contribution in [-0.2, 0) is 4.79 Å². The predicted octanol–water partition coefficient (Wildman–Crippen LogP) is 4.45. The van der Waals surface area contributed by atoms with Gasteiger partial charge >= 0.3 is 0 Å². The highest BCUT2D eigenvalue weighted by atomic mass is 35.5. The Balaban J connectivity index is 1.48. The first-order chi connectivity index (χ1) is 12.2. The fraction of sp³-hybridized carbons (Fsp3) is 0.500. The van der Waals surface area contributed by atoms with Gasteiger partial charge in [0, 0.05) is 24.2 Å². The number of ether oxygens (including phenoxy) is 1. The summed E-state index contributed by atoms with van der Waals surface area (Å²) < 4.78 is 5.86. The predicted molar refractivity (Wildman–Crippen MR) is 98.9 cm³/mol. The summed E-state index contributed by atoms with van der Waals surface area (Å²) >= 11 is 6.22. The van der Waals surface area contributed by atoms with Gasteiger partial charge in [0.05, 0.1) is 5.02 Å². The third-order valence-corrected chi connectivity index (χ3v) is 5.92. The van der Waals surface area contributed by atoms with Crippen molar-refractivity contribution < 1.29 is 9.53 Å². The summed E-state index contributed by atoms with van der Waals surface area (Å²) in [4.78, 5) is 19.2. The van der Waals surface area contributed by atoms with E-state index in [9.17, 15) is 4.79 Å². The Labute approximate surface area is 153 Å². The zero-order chi connectivity index (χ0) is 17.2. The molecule has 4 nitrogen and oxygen atoms in total. The second kappa shape index (κ2) is 7.20. The Morgan fingerprint density at radius 2 is 2.04 bits per heavy atom. The number of hydrogen-bond acceptors (Lipinski definition) is 3. The quantitative estimate of drug-likeness (QED) is 0.814. The number of halogens is 1. The summed E-state index contributed by atoms with van der Waals surface area (Å²) in [7, 11) is 0. The maximum atomic E-state index is 12.8. The highest BCUT2D eigenvalue weighted by Gasteiger charge is 2.35. The lowest BCUT2D eigenvalue weighted by Crippen LogP contribution is -2.51. The van der Waals surface area contributed by atoms with Crippen LogP contribution < -0.4 is 4.74 Å². The summed E-state index contributed by atoms with van der Waals surface area (Å²) in [5.74, 6) is 1.39. The second-order valence-corrected chi connectivity index (χ2v) is 7.48. The number of amides is 1. The van der Waals surface area contributed by atoms with Gasteiger partial charge in [-0.15, -0.1) is 0 Å². The van der Waals surface area contributed by atoms with Gasteiger partial charge in [-0.2, -0.15) is 0 Å². The number of likely N-dealkylation sites (tertiary alicyclic amines) is 1. The minimum atomic E-state index is 0.0660. The topological polar surface area (TPSA) is 42.4 Å². The first-order valence-corrected chi connectivity index (χ1v) is 9.57. The van der Waals surface area contributed by atoms with E-state index in [4.69, 9.17) is 16.3 Å². The maximum Gasteiger partial charge on any atom is 0.260 e. The number of benzene rings is 1. The molecule has 2 atom stereocenters. The average Bonchev–Trinajstić information content (AvgIpc) is 2.67. The number of nitrogens with zero attached hydrogens (tertiary/aromatic N) is 2. The van der Waals surface area contributed by atoms with Crippen molar-refractivity contribution in [3.05, 3.63) is 35.5 Å². The Bertz CT molecular complexity index is 777. The van der Waals surface area contributed by atoms with Gasteiger partial charge in [-0.05, 0) is 55.9 Å². The zero-order valence-corrected chi connectivity index (χ0v) is 15.0. The molecule has 2 heterocycles. The number of hydrogen-bond donors (Lipinski definition) is 0. The number of piperidine rings is 1. The number of fused-ring (bicyclic) bond motifs is 2. The standard InChI is InChI=1S/C20H23ClN2O2/c21-16-9-10-18(20-15(16)7-3-11-22-20)25-13-19(24)23-12-4-6-14-5-1-2-8-17(14)23/h3,7,9-11,14,17H,1-2,4-6,8,12-13H2/t14-,17-/m0/s1. The molecule has 1 aliphatic carbocycles. The van der Waals surface area contributed by atoms with Gasteiger partial charge in [0.15, 0.2) is 6.61 Å². The Hall–Kier alpha value is -1.81. The van der Waals surface area contributed by atoms with Crippen LogP contribution in [0.3, 0.4) is 0 Å². The van der Waals surface area contributed by atoms with Crippen molar-refractivity contribution in [2.75, 3.05) is 13.2 Å². The van der Waals surface area contributed by atoms with Gasteiger partial charge in [-0.1, -0.05) is 24.4 Å². The molecule has 1 aromatic heterocycles. The Morgan fingerprint density at radius 3 is 2.96 bits per heavy atom. The minimum Gasteiger partial charge on any atom is -0.481 e. The molecule has 2 aliphatic rings. The molecule has 1 amide bonds. The molecule has 132 valence electrons. The van der Waals surface area contributed by atoms with Crippen LogP contribution in [0.5, 0.6) is 5.75 Å². The van der Waals surface area contributed by atoms with Gasteiger partial charge in [0.25, 0.3) is 5.91 Å². The largest absolute Gasteiger partial charge is 0.481 e. The Morgan fingerprint density at radius 1 is 1.20 bits per heavy atom. The number of carbonyl (C=O) groups excluding carboxylic acids is 1. The molecule has 0 bridgehead atoms. The fourth-order valence-corrected chi connectivity index (χ4v) is 4.60. The van der Waals surface area contributed by atoms with Gasteiger partial charge in [-0.3, -0.25) is 9.78 Å². The van der Waals surface area contributed by atoms with Gasteiger partial charge in [-0.25, -0.2) is 0 Å². The summed E-state index contributed by atoms with van der Waals surface area (Å²) in [6.07, 6.45) is 9.03. The number of pyridine rings is 1. The van der Waals surface area contributed by atoms with E-state index in [1.807, 2.05) is 12.1 Å². The fourth-order valence-electron chi connectivity index (χ4n) is 4.39. The number of aromatic nitrogens is 1. The number of carbonyl (C=O) groups is 1. The van der Waals surface area contributed by atoms with Crippen LogP contribution >= 0.6 is 11.6 Å². The van der Waals surface area contributed by atoms with E-state index < -0.39 is 0 Å². The molecule has 5 heteroatoms. The zero-order valence-electron chi connectivity index (χ0n) is 14.3. The van der Waals surface area contributed by atoms with E-state index >= 15 is 0 Å². The van der Waals surface area contributed by atoms with Crippen LogP contribution in [0.25, 0.3) is 10.9 Å². The molecule has 0 radical (unpaired) electrons. The third kappa shape index (κ3) is 3.32.